The first-order chi connectivity index (χ1) is 14.4. The molecule has 8 heteroatoms. The minimum absolute atomic E-state index is 0.115. The van der Waals surface area contributed by atoms with Gasteiger partial charge in [-0.1, -0.05) is 25.1 Å². The van der Waals surface area contributed by atoms with Crippen molar-refractivity contribution in [3.8, 4) is 0 Å². The number of Topliss-reactive ketones (excluding diaryl/α,β-unsaturated/α-hetero) is 1. The zero-order valence-corrected chi connectivity index (χ0v) is 16.3. The number of aromatic amines is 1. The molecule has 3 rings (SSSR count). The van der Waals surface area contributed by atoms with Gasteiger partial charge >= 0.3 is 5.97 Å². The summed E-state index contributed by atoms with van der Waals surface area (Å²) in [5.41, 5.74) is 2.07. The fourth-order valence-corrected chi connectivity index (χ4v) is 3.09. The van der Waals surface area contributed by atoms with Gasteiger partial charge in [-0.15, -0.1) is 0 Å². The molecule has 156 valence electrons. The third-order valence-electron chi connectivity index (χ3n) is 4.64. The number of carbonyl (C=O) groups is 3. The van der Waals surface area contributed by atoms with Crippen LogP contribution >= 0.6 is 0 Å². The third kappa shape index (κ3) is 4.71. The quantitative estimate of drug-likeness (QED) is 0.436. The van der Waals surface area contributed by atoms with Crippen molar-refractivity contribution in [1.29, 1.82) is 0 Å². The Bertz CT molecular complexity index is 1110. The third-order valence-corrected chi connectivity index (χ3v) is 4.64. The lowest BCUT2D eigenvalue weighted by Gasteiger charge is -2.07. The summed E-state index contributed by atoms with van der Waals surface area (Å²) in [6, 6.07) is 8.24. The van der Waals surface area contributed by atoms with E-state index in [4.69, 9.17) is 4.74 Å². The number of rotatable bonds is 8. The zero-order valence-electron chi connectivity index (χ0n) is 16.3. The van der Waals surface area contributed by atoms with Gasteiger partial charge in [0.1, 0.15) is 11.6 Å². The van der Waals surface area contributed by atoms with Gasteiger partial charge in [-0.05, 0) is 24.1 Å². The van der Waals surface area contributed by atoms with Gasteiger partial charge in [-0.2, -0.15) is 0 Å². The van der Waals surface area contributed by atoms with Crippen LogP contribution in [0, 0.1) is 11.6 Å². The number of halogens is 2. The van der Waals surface area contributed by atoms with E-state index in [1.807, 2.05) is 25.1 Å². The minimum Gasteiger partial charge on any atom is -0.457 e. The Hall–Kier alpha value is -3.55. The Morgan fingerprint density at radius 3 is 2.63 bits per heavy atom. The maximum absolute atomic E-state index is 13.6. The topological polar surface area (TPSA) is 88.3 Å². The molecule has 0 unspecified atom stereocenters. The maximum Gasteiger partial charge on any atom is 0.308 e. The summed E-state index contributed by atoms with van der Waals surface area (Å²) in [7, 11) is 0. The largest absolute Gasteiger partial charge is 0.457 e. The van der Waals surface area contributed by atoms with E-state index in [0.29, 0.717) is 11.6 Å². The molecule has 1 amide bonds. The van der Waals surface area contributed by atoms with Crippen molar-refractivity contribution in [3.63, 3.8) is 0 Å². The molecule has 0 saturated heterocycles. The van der Waals surface area contributed by atoms with E-state index in [9.17, 15) is 23.2 Å². The van der Waals surface area contributed by atoms with Crippen LogP contribution in [-0.2, 0) is 16.0 Å². The number of carbonyl (C=O) groups excluding carboxylic acids is 3. The van der Waals surface area contributed by atoms with Crippen molar-refractivity contribution < 1.29 is 27.9 Å². The van der Waals surface area contributed by atoms with Crippen molar-refractivity contribution in [2.75, 3.05) is 13.2 Å². The number of benzene rings is 2. The number of para-hydroxylation sites is 1. The number of H-pyrrole nitrogens is 1. The average molecular weight is 414 g/mol. The van der Waals surface area contributed by atoms with Crippen LogP contribution in [0.2, 0.25) is 0 Å². The van der Waals surface area contributed by atoms with Crippen LogP contribution in [0.15, 0.2) is 42.6 Å². The molecule has 1 aromatic heterocycles. The Balaban J connectivity index is 1.49. The van der Waals surface area contributed by atoms with Gasteiger partial charge in [0, 0.05) is 35.3 Å². The molecule has 6 nitrogen and oxygen atoms in total. The molecule has 2 aromatic carbocycles. The normalized spacial score (nSPS) is 10.8. The van der Waals surface area contributed by atoms with Crippen molar-refractivity contribution in [2.45, 2.75) is 19.8 Å². The van der Waals surface area contributed by atoms with Crippen LogP contribution in [0.4, 0.5) is 8.78 Å². The second kappa shape index (κ2) is 9.30. The van der Waals surface area contributed by atoms with Crippen molar-refractivity contribution in [2.24, 2.45) is 0 Å². The number of aromatic nitrogens is 1. The summed E-state index contributed by atoms with van der Waals surface area (Å²) < 4.78 is 31.4. The molecule has 0 atom stereocenters. The summed E-state index contributed by atoms with van der Waals surface area (Å²) in [6.07, 6.45) is 2.21. The molecule has 0 aliphatic rings. The summed E-state index contributed by atoms with van der Waals surface area (Å²) in [5.74, 6) is -3.59. The number of aryl methyl sites for hydroxylation is 1. The first kappa shape index (κ1) is 21.2. The first-order valence-corrected chi connectivity index (χ1v) is 9.41. The Morgan fingerprint density at radius 2 is 1.90 bits per heavy atom. The second-order valence-corrected chi connectivity index (χ2v) is 6.61. The number of ether oxygens (including phenoxy) is 1. The fraction of sp³-hybridized carbons (Fsp3) is 0.227. The number of esters is 1. The van der Waals surface area contributed by atoms with Gasteiger partial charge in [-0.3, -0.25) is 14.4 Å². The van der Waals surface area contributed by atoms with Crippen molar-refractivity contribution >= 4 is 28.6 Å². The molecule has 0 spiro atoms. The van der Waals surface area contributed by atoms with Crippen molar-refractivity contribution in [3.05, 3.63) is 70.9 Å². The van der Waals surface area contributed by atoms with E-state index in [1.54, 1.807) is 6.20 Å². The maximum atomic E-state index is 13.6. The van der Waals surface area contributed by atoms with Gasteiger partial charge in [0.05, 0.1) is 12.0 Å². The molecule has 3 aromatic rings. The monoisotopic (exact) mass is 414 g/mol. The van der Waals surface area contributed by atoms with E-state index in [-0.39, 0.29) is 24.3 Å². The lowest BCUT2D eigenvalue weighted by molar-refractivity contribution is -0.142. The predicted octanol–water partition coefficient (Wildman–Crippen LogP) is 3.55. The predicted molar refractivity (Wildman–Crippen MR) is 106 cm³/mol. The van der Waals surface area contributed by atoms with Crippen LogP contribution in [0.1, 0.15) is 39.6 Å². The van der Waals surface area contributed by atoms with Gasteiger partial charge < -0.3 is 15.0 Å². The number of ketones is 1. The molecule has 0 bridgehead atoms. The van der Waals surface area contributed by atoms with Gasteiger partial charge in [-0.25, -0.2) is 8.78 Å². The lowest BCUT2D eigenvalue weighted by atomic mass is 10.1. The van der Waals surface area contributed by atoms with E-state index >= 15 is 0 Å². The summed E-state index contributed by atoms with van der Waals surface area (Å²) in [4.78, 5) is 39.2. The molecule has 2 N–H and O–H groups in total. The minimum atomic E-state index is -0.995. The van der Waals surface area contributed by atoms with Gasteiger partial charge in [0.25, 0.3) is 5.91 Å². The first-order valence-electron chi connectivity index (χ1n) is 9.41. The van der Waals surface area contributed by atoms with E-state index in [1.165, 1.54) is 0 Å². The Labute approximate surface area is 171 Å². The second-order valence-electron chi connectivity index (χ2n) is 6.61. The molecule has 0 aliphatic heterocycles. The van der Waals surface area contributed by atoms with Crippen LogP contribution in [0.3, 0.4) is 0 Å². The molecule has 30 heavy (non-hydrogen) atoms. The summed E-state index contributed by atoms with van der Waals surface area (Å²) in [5, 5.41) is 3.12. The number of hydrogen-bond acceptors (Lipinski definition) is 4. The standard InChI is InChI=1S/C22H20F2N2O4/c1-2-13-4-3-5-15-17(11-26-21(13)15)19(27)12-30-20(28)8-9-25-22(29)16-7-6-14(23)10-18(16)24/h3-7,10-11,26H,2,8-9,12H2,1H3,(H,25,29). The highest BCUT2D eigenvalue weighted by Crippen LogP contribution is 2.22. The number of amides is 1. The van der Waals surface area contributed by atoms with Crippen LogP contribution in [0.5, 0.6) is 0 Å². The Kier molecular flexibility index (Phi) is 6.56. The average Bonchev–Trinajstić information content (AvgIpc) is 3.16. The summed E-state index contributed by atoms with van der Waals surface area (Å²) in [6.45, 7) is 1.47. The molecule has 0 saturated carbocycles. The highest BCUT2D eigenvalue weighted by Gasteiger charge is 2.16. The van der Waals surface area contributed by atoms with Gasteiger partial charge in [0.15, 0.2) is 6.61 Å². The van der Waals surface area contributed by atoms with E-state index < -0.39 is 30.1 Å². The molecule has 0 fully saturated rings. The fourth-order valence-electron chi connectivity index (χ4n) is 3.09. The number of hydrogen-bond donors (Lipinski definition) is 2. The smallest absolute Gasteiger partial charge is 0.308 e. The number of fused-ring (bicyclic) bond motifs is 1. The highest BCUT2D eigenvalue weighted by molar-refractivity contribution is 6.09. The van der Waals surface area contributed by atoms with E-state index in [2.05, 4.69) is 10.3 Å². The SMILES string of the molecule is CCc1cccc2c(C(=O)COC(=O)CCNC(=O)c3ccc(F)cc3F)c[nH]c12. The van der Waals surface area contributed by atoms with Crippen LogP contribution < -0.4 is 5.32 Å². The summed E-state index contributed by atoms with van der Waals surface area (Å²) >= 11 is 0. The molecule has 1 heterocycles. The molecule has 0 radical (unpaired) electrons. The highest BCUT2D eigenvalue weighted by atomic mass is 19.1. The van der Waals surface area contributed by atoms with Gasteiger partial charge in [0.2, 0.25) is 5.78 Å². The zero-order chi connectivity index (χ0) is 21.7. The molecule has 0 aliphatic carbocycles. The molecular weight excluding hydrogens is 394 g/mol. The van der Waals surface area contributed by atoms with Crippen LogP contribution in [-0.4, -0.2) is 35.8 Å². The number of nitrogens with one attached hydrogen (secondary N) is 2. The van der Waals surface area contributed by atoms with E-state index in [0.717, 1.165) is 35.0 Å². The Morgan fingerprint density at radius 1 is 1.10 bits per heavy atom. The molecular formula is C22H20F2N2O4. The lowest BCUT2D eigenvalue weighted by Crippen LogP contribution is -2.27. The van der Waals surface area contributed by atoms with Crippen LogP contribution in [0.25, 0.3) is 10.9 Å². The van der Waals surface area contributed by atoms with Crippen molar-refractivity contribution in [1.82, 2.24) is 10.3 Å².